The summed E-state index contributed by atoms with van der Waals surface area (Å²) in [6, 6.07) is 10.3. The topological polar surface area (TPSA) is 162 Å². The summed E-state index contributed by atoms with van der Waals surface area (Å²) in [5, 5.41) is 7.48. The van der Waals surface area contributed by atoms with Crippen LogP contribution in [0.1, 0.15) is 10.4 Å². The van der Waals surface area contributed by atoms with E-state index in [1.54, 1.807) is 0 Å². The van der Waals surface area contributed by atoms with Gasteiger partial charge in [0.25, 0.3) is 5.91 Å². The van der Waals surface area contributed by atoms with Crippen molar-refractivity contribution in [2.24, 2.45) is 5.14 Å². The summed E-state index contributed by atoms with van der Waals surface area (Å²) in [4.78, 5) is 24.0. The van der Waals surface area contributed by atoms with Gasteiger partial charge in [0, 0.05) is 18.8 Å². The first-order valence-corrected chi connectivity index (χ1v) is 12.3. The summed E-state index contributed by atoms with van der Waals surface area (Å²) in [7, 11) is -7.53. The van der Waals surface area contributed by atoms with Gasteiger partial charge in [-0.15, -0.1) is 0 Å². The zero-order valence-corrected chi connectivity index (χ0v) is 18.4. The molecule has 32 heavy (non-hydrogen) atoms. The molecule has 172 valence electrons. The normalized spacial score (nSPS) is 15.2. The van der Waals surface area contributed by atoms with E-state index in [2.05, 4.69) is 5.32 Å². The number of carbonyl (C=O) groups excluding carboxylic acids is 2. The van der Waals surface area contributed by atoms with Crippen molar-refractivity contribution >= 4 is 37.6 Å². The van der Waals surface area contributed by atoms with Crippen LogP contribution in [0.4, 0.5) is 5.69 Å². The Morgan fingerprint density at radius 2 is 1.50 bits per heavy atom. The molecule has 0 aliphatic carbocycles. The van der Waals surface area contributed by atoms with Crippen LogP contribution in [0.15, 0.2) is 58.3 Å². The SMILES string of the molecule is NS(=O)(=O)c1ccc(C(=O)OCC(=O)Nc2ccc(S(=O)(=O)N3CCOCC3)cc2)cc1. The monoisotopic (exact) mass is 483 g/mol. The molecule has 1 saturated heterocycles. The molecule has 1 amide bonds. The Hall–Kier alpha value is -2.84. The fourth-order valence-electron chi connectivity index (χ4n) is 2.84. The van der Waals surface area contributed by atoms with Crippen molar-refractivity contribution in [3.05, 3.63) is 54.1 Å². The molecule has 1 fully saturated rings. The first-order valence-electron chi connectivity index (χ1n) is 9.35. The number of nitrogens with one attached hydrogen (secondary N) is 1. The molecule has 11 nitrogen and oxygen atoms in total. The van der Waals surface area contributed by atoms with Gasteiger partial charge in [0.2, 0.25) is 20.0 Å². The van der Waals surface area contributed by atoms with Gasteiger partial charge in [-0.05, 0) is 48.5 Å². The number of primary sulfonamides is 1. The fourth-order valence-corrected chi connectivity index (χ4v) is 4.76. The number of nitrogens with zero attached hydrogens (tertiary/aromatic N) is 1. The van der Waals surface area contributed by atoms with Crippen molar-refractivity contribution in [3.63, 3.8) is 0 Å². The lowest BCUT2D eigenvalue weighted by atomic mass is 10.2. The predicted octanol–water partition coefficient (Wildman–Crippen LogP) is 0.150. The Balaban J connectivity index is 1.54. The zero-order valence-electron chi connectivity index (χ0n) is 16.8. The molecule has 0 atom stereocenters. The number of rotatable bonds is 7. The summed E-state index contributed by atoms with van der Waals surface area (Å²) < 4.78 is 59.0. The van der Waals surface area contributed by atoms with E-state index < -0.39 is 38.5 Å². The number of amides is 1. The first-order chi connectivity index (χ1) is 15.1. The number of hydrogen-bond donors (Lipinski definition) is 2. The average Bonchev–Trinajstić information content (AvgIpc) is 2.78. The highest BCUT2D eigenvalue weighted by Gasteiger charge is 2.26. The number of morpholine rings is 1. The molecule has 0 radical (unpaired) electrons. The summed E-state index contributed by atoms with van der Waals surface area (Å²) in [6.07, 6.45) is 0. The third-order valence-electron chi connectivity index (χ3n) is 4.50. The first kappa shape index (κ1) is 23.8. The summed E-state index contributed by atoms with van der Waals surface area (Å²) in [6.45, 7) is 0.627. The van der Waals surface area contributed by atoms with Crippen LogP contribution in [-0.4, -0.2) is 65.9 Å². The lowest BCUT2D eigenvalue weighted by Crippen LogP contribution is -2.40. The number of anilines is 1. The van der Waals surface area contributed by atoms with E-state index >= 15 is 0 Å². The van der Waals surface area contributed by atoms with Crippen molar-refractivity contribution < 1.29 is 35.9 Å². The maximum Gasteiger partial charge on any atom is 0.338 e. The van der Waals surface area contributed by atoms with Crippen LogP contribution in [0.2, 0.25) is 0 Å². The van der Waals surface area contributed by atoms with Crippen LogP contribution in [0.3, 0.4) is 0 Å². The quantitative estimate of drug-likeness (QED) is 0.526. The second-order valence-corrected chi connectivity index (χ2v) is 10.2. The number of ether oxygens (including phenoxy) is 2. The molecule has 0 saturated carbocycles. The highest BCUT2D eigenvalue weighted by Crippen LogP contribution is 2.19. The van der Waals surface area contributed by atoms with Gasteiger partial charge in [-0.2, -0.15) is 4.31 Å². The lowest BCUT2D eigenvalue weighted by Gasteiger charge is -2.26. The van der Waals surface area contributed by atoms with Crippen molar-refractivity contribution in [3.8, 4) is 0 Å². The van der Waals surface area contributed by atoms with Gasteiger partial charge in [-0.1, -0.05) is 0 Å². The van der Waals surface area contributed by atoms with E-state index in [1.807, 2.05) is 0 Å². The second-order valence-electron chi connectivity index (χ2n) is 6.73. The van der Waals surface area contributed by atoms with Crippen LogP contribution >= 0.6 is 0 Å². The second kappa shape index (κ2) is 9.75. The number of nitrogens with two attached hydrogens (primary N) is 1. The van der Waals surface area contributed by atoms with E-state index in [0.717, 1.165) is 12.1 Å². The molecular weight excluding hydrogens is 462 g/mol. The minimum Gasteiger partial charge on any atom is -0.452 e. The molecule has 1 heterocycles. The Bertz CT molecular complexity index is 1190. The third-order valence-corrected chi connectivity index (χ3v) is 7.34. The highest BCUT2D eigenvalue weighted by atomic mass is 32.2. The van der Waals surface area contributed by atoms with Crippen LogP contribution in [-0.2, 0) is 34.3 Å². The number of benzene rings is 2. The van der Waals surface area contributed by atoms with Crippen LogP contribution in [0.5, 0.6) is 0 Å². The number of esters is 1. The van der Waals surface area contributed by atoms with E-state index in [0.29, 0.717) is 18.9 Å². The van der Waals surface area contributed by atoms with Crippen molar-refractivity contribution in [1.29, 1.82) is 0 Å². The predicted molar refractivity (Wildman–Crippen MR) is 113 cm³/mol. The van der Waals surface area contributed by atoms with Gasteiger partial charge in [0.1, 0.15) is 0 Å². The van der Waals surface area contributed by atoms with Gasteiger partial charge in [0.15, 0.2) is 6.61 Å². The molecular formula is C19H21N3O8S2. The minimum absolute atomic E-state index is 0.0443. The van der Waals surface area contributed by atoms with E-state index in [-0.39, 0.29) is 28.4 Å². The molecule has 2 aromatic carbocycles. The molecule has 13 heteroatoms. The lowest BCUT2D eigenvalue weighted by molar-refractivity contribution is -0.119. The maximum absolute atomic E-state index is 12.6. The van der Waals surface area contributed by atoms with Crippen LogP contribution in [0, 0.1) is 0 Å². The molecule has 0 unspecified atom stereocenters. The van der Waals surface area contributed by atoms with Gasteiger partial charge in [-0.3, -0.25) is 4.79 Å². The standard InChI is InChI=1S/C19H21N3O8S2/c20-31(25,26)16-5-1-14(2-6-16)19(24)30-13-18(23)21-15-3-7-17(8-4-15)32(27,28)22-9-11-29-12-10-22/h1-8H,9-13H2,(H,21,23)(H2,20,25,26). The fraction of sp³-hybridized carbons (Fsp3) is 0.263. The number of hydrogen-bond acceptors (Lipinski definition) is 8. The van der Waals surface area contributed by atoms with E-state index in [1.165, 1.54) is 40.7 Å². The molecule has 0 spiro atoms. The summed E-state index contributed by atoms with van der Waals surface area (Å²) >= 11 is 0. The van der Waals surface area contributed by atoms with Crippen molar-refractivity contribution in [1.82, 2.24) is 4.31 Å². The van der Waals surface area contributed by atoms with Gasteiger partial charge in [-0.25, -0.2) is 26.8 Å². The highest BCUT2D eigenvalue weighted by molar-refractivity contribution is 7.89. The molecule has 0 bridgehead atoms. The molecule has 2 aromatic rings. The Kier molecular flexibility index (Phi) is 7.26. The van der Waals surface area contributed by atoms with Crippen LogP contribution < -0.4 is 10.5 Å². The number of carbonyl (C=O) groups is 2. The summed E-state index contributed by atoms with van der Waals surface area (Å²) in [5.41, 5.74) is 0.368. The maximum atomic E-state index is 12.6. The largest absolute Gasteiger partial charge is 0.452 e. The molecule has 0 aromatic heterocycles. The Labute approximate surface area is 185 Å². The van der Waals surface area contributed by atoms with Crippen LogP contribution in [0.25, 0.3) is 0 Å². The van der Waals surface area contributed by atoms with Gasteiger partial charge in [0.05, 0.1) is 28.6 Å². The van der Waals surface area contributed by atoms with Crippen molar-refractivity contribution in [2.45, 2.75) is 9.79 Å². The van der Waals surface area contributed by atoms with Gasteiger partial charge < -0.3 is 14.8 Å². The summed E-state index contributed by atoms with van der Waals surface area (Å²) in [5.74, 6) is -1.46. The molecule has 1 aliphatic heterocycles. The van der Waals surface area contributed by atoms with E-state index in [4.69, 9.17) is 14.6 Å². The van der Waals surface area contributed by atoms with Gasteiger partial charge >= 0.3 is 5.97 Å². The molecule has 1 aliphatic rings. The average molecular weight is 484 g/mol. The third kappa shape index (κ3) is 5.89. The Morgan fingerprint density at radius 1 is 0.938 bits per heavy atom. The molecule has 3 rings (SSSR count). The van der Waals surface area contributed by atoms with Crippen molar-refractivity contribution in [2.75, 3.05) is 38.2 Å². The van der Waals surface area contributed by atoms with E-state index in [9.17, 15) is 26.4 Å². The minimum atomic E-state index is -3.89. The zero-order chi connectivity index (χ0) is 23.4. The number of sulfonamides is 2. The molecule has 3 N–H and O–H groups in total. The smallest absolute Gasteiger partial charge is 0.338 e. The Morgan fingerprint density at radius 3 is 2.06 bits per heavy atom.